The fourth-order valence-electron chi connectivity index (χ4n) is 4.35. The molecule has 2 aromatic rings. The molecule has 2 N–H and O–H groups in total. The Morgan fingerprint density at radius 1 is 1.32 bits per heavy atom. The zero-order chi connectivity index (χ0) is 31.1. The number of fused-ring (bicyclic) bond motifs is 1. The zero-order valence-corrected chi connectivity index (χ0v) is 19.8. The topological polar surface area (TPSA) is 132 Å². The molecule has 4 aliphatic rings. The minimum atomic E-state index is -3.06. The van der Waals surface area contributed by atoms with Crippen molar-refractivity contribution in [1.29, 1.82) is 0 Å². The van der Waals surface area contributed by atoms with E-state index in [9.17, 15) is 20.9 Å². The number of aliphatic hydroxyl groups is 1. The predicted molar refractivity (Wildman–Crippen MR) is 131 cm³/mol. The third kappa shape index (κ3) is 3.86. The lowest BCUT2D eigenvalue weighted by molar-refractivity contribution is -0.128. The van der Waals surface area contributed by atoms with Crippen LogP contribution in [0.3, 0.4) is 0 Å². The van der Waals surface area contributed by atoms with Gasteiger partial charge >= 0.3 is 0 Å². The number of carbonyl (C=O) groups excluding carboxylic acids is 1. The number of tetrazole rings is 1. The SMILES string of the molecule is [2H]C1([2H])C[C@@H](C2=NC(=C3C=CN(O)C(CO)=C3F)C=N2)N2C(=O)C=C(c3c(-n4cnnn4)ccc(Cl)c3F)C([2H])([2H])[C@]21[2H]. The van der Waals surface area contributed by atoms with Crippen molar-refractivity contribution in [1.82, 2.24) is 30.2 Å². The molecule has 2 atom stereocenters. The van der Waals surface area contributed by atoms with Gasteiger partial charge in [0.15, 0.2) is 17.5 Å². The lowest BCUT2D eigenvalue weighted by Crippen LogP contribution is -2.45. The quantitative estimate of drug-likeness (QED) is 0.603. The number of hydrogen-bond donors (Lipinski definition) is 2. The highest BCUT2D eigenvalue weighted by Gasteiger charge is 2.43. The molecule has 11 nitrogen and oxygen atoms in total. The van der Waals surface area contributed by atoms with Gasteiger partial charge in [-0.25, -0.2) is 23.8 Å². The van der Waals surface area contributed by atoms with Gasteiger partial charge in [-0.3, -0.25) is 10.0 Å². The molecule has 1 saturated heterocycles. The van der Waals surface area contributed by atoms with E-state index in [2.05, 4.69) is 25.5 Å². The van der Waals surface area contributed by atoms with Crippen molar-refractivity contribution < 1.29 is 30.7 Å². The van der Waals surface area contributed by atoms with Gasteiger partial charge in [-0.2, -0.15) is 4.68 Å². The van der Waals surface area contributed by atoms with Crippen molar-refractivity contribution in [2.75, 3.05) is 6.61 Å². The maximum absolute atomic E-state index is 15.6. The summed E-state index contributed by atoms with van der Waals surface area (Å²) in [6, 6.07) is -1.88. The van der Waals surface area contributed by atoms with Gasteiger partial charge in [-0.1, -0.05) is 11.6 Å². The van der Waals surface area contributed by atoms with Crippen LogP contribution in [0, 0.1) is 5.82 Å². The van der Waals surface area contributed by atoms with Gasteiger partial charge in [-0.15, -0.1) is 5.10 Å². The van der Waals surface area contributed by atoms with E-state index < -0.39 is 77.2 Å². The van der Waals surface area contributed by atoms with Crippen LogP contribution < -0.4 is 0 Å². The maximum Gasteiger partial charge on any atom is 0.247 e. The Labute approximate surface area is 226 Å². The molecule has 14 heteroatoms. The van der Waals surface area contributed by atoms with E-state index in [1.165, 1.54) is 12.1 Å². The lowest BCUT2D eigenvalue weighted by Gasteiger charge is -2.33. The zero-order valence-electron chi connectivity index (χ0n) is 24.0. The van der Waals surface area contributed by atoms with Gasteiger partial charge in [0.05, 0.1) is 36.6 Å². The van der Waals surface area contributed by atoms with E-state index in [4.69, 9.17) is 17.1 Å². The lowest BCUT2D eigenvalue weighted by atomic mass is 9.92. The number of amides is 1. The van der Waals surface area contributed by atoms with Gasteiger partial charge < -0.3 is 10.0 Å². The molecular weight excluding hydrogens is 522 g/mol. The number of allylic oxidation sites excluding steroid dienone is 4. The first-order valence-electron chi connectivity index (χ1n) is 13.5. The van der Waals surface area contributed by atoms with E-state index in [0.717, 1.165) is 35.6 Å². The molecule has 1 aromatic heterocycles. The summed E-state index contributed by atoms with van der Waals surface area (Å²) in [6.07, 6.45) is -1.21. The van der Waals surface area contributed by atoms with Crippen molar-refractivity contribution in [3.63, 3.8) is 0 Å². The Morgan fingerprint density at radius 3 is 2.92 bits per heavy atom. The smallest absolute Gasteiger partial charge is 0.247 e. The molecule has 1 aromatic carbocycles. The second-order valence-electron chi connectivity index (χ2n) is 8.25. The molecule has 0 unspecified atom stereocenters. The Morgan fingerprint density at radius 2 is 2.16 bits per heavy atom. The average molecular weight is 546 g/mol. The number of benzene rings is 1. The van der Waals surface area contributed by atoms with Crippen LogP contribution in [0.25, 0.3) is 11.3 Å². The largest absolute Gasteiger partial charge is 0.390 e. The van der Waals surface area contributed by atoms with Crippen LogP contribution in [0.5, 0.6) is 0 Å². The van der Waals surface area contributed by atoms with Crippen LogP contribution in [-0.4, -0.2) is 77.1 Å². The van der Waals surface area contributed by atoms with Gasteiger partial charge in [0.25, 0.3) is 0 Å². The Balaban J connectivity index is 1.48. The molecule has 5 heterocycles. The second-order valence-corrected chi connectivity index (χ2v) is 8.66. The van der Waals surface area contributed by atoms with Gasteiger partial charge in [-0.05, 0) is 53.4 Å². The highest BCUT2D eigenvalue weighted by atomic mass is 35.5. The molecule has 0 bridgehead atoms. The first kappa shape index (κ1) is 19.1. The average Bonchev–Trinajstić information content (AvgIpc) is 3.69. The normalized spacial score (nSPS) is 31.4. The molecule has 0 aliphatic carbocycles. The number of nitrogens with zero attached hydrogens (tertiary/aromatic N) is 8. The molecule has 194 valence electrons. The van der Waals surface area contributed by atoms with Crippen LogP contribution in [0.1, 0.15) is 31.6 Å². The highest BCUT2D eigenvalue weighted by molar-refractivity contribution is 6.31. The van der Waals surface area contributed by atoms with E-state index >= 15 is 4.39 Å². The molecule has 0 radical (unpaired) electrons. The van der Waals surface area contributed by atoms with Gasteiger partial charge in [0.1, 0.15) is 12.0 Å². The van der Waals surface area contributed by atoms with Crippen molar-refractivity contribution in [2.45, 2.75) is 31.2 Å². The summed E-state index contributed by atoms with van der Waals surface area (Å²) in [7, 11) is 0. The summed E-state index contributed by atoms with van der Waals surface area (Å²) >= 11 is 6.02. The maximum atomic E-state index is 15.6. The number of aliphatic hydroxyl groups excluding tert-OH is 1. The fraction of sp³-hybridized carbons (Fsp3) is 0.250. The van der Waals surface area contributed by atoms with E-state index in [0.29, 0.717) is 9.96 Å². The molecular formula is C24H19ClF2N8O3. The van der Waals surface area contributed by atoms with Crippen LogP contribution in [0.4, 0.5) is 8.78 Å². The first-order chi connectivity index (χ1) is 20.2. The number of carbonyl (C=O) groups is 1. The van der Waals surface area contributed by atoms with E-state index in [1.807, 2.05) is 0 Å². The number of hydroxylamine groups is 2. The third-order valence-corrected chi connectivity index (χ3v) is 6.43. The van der Waals surface area contributed by atoms with Crippen LogP contribution in [0.2, 0.25) is 5.02 Å². The summed E-state index contributed by atoms with van der Waals surface area (Å²) in [5, 5.41) is 29.8. The Hall–Kier alpha value is -4.07. The standard InChI is InChI=1S/C24H19ClF2N8O3/c25-15-2-4-17(33-11-29-31-32-33)21(23(15)27)12-7-13-1-3-18(35(13)20(37)8-12)24-28-9-16(30-24)14-5-6-34(38)19(10-36)22(14)26/h2,4-6,8-9,11,13,18,36,38H,1,3,7,10H2/t13-,18+/m1/s1/i1D2,7D2,13D. The summed E-state index contributed by atoms with van der Waals surface area (Å²) in [4.78, 5) is 22.7. The molecule has 4 aliphatic heterocycles. The monoisotopic (exact) mass is 545 g/mol. The van der Waals surface area contributed by atoms with Gasteiger partial charge in [0, 0.05) is 34.9 Å². The molecule has 38 heavy (non-hydrogen) atoms. The van der Waals surface area contributed by atoms with Gasteiger partial charge in [0.2, 0.25) is 5.91 Å². The van der Waals surface area contributed by atoms with Crippen LogP contribution in [-0.2, 0) is 4.79 Å². The number of hydrogen-bond acceptors (Lipinski definition) is 9. The summed E-state index contributed by atoms with van der Waals surface area (Å²) in [6.45, 7) is -0.838. The highest BCUT2D eigenvalue weighted by Crippen LogP contribution is 2.41. The number of rotatable bonds is 4. The molecule has 1 amide bonds. The Bertz CT molecular complexity index is 1760. The molecule has 1 fully saturated rings. The van der Waals surface area contributed by atoms with Crippen LogP contribution >= 0.6 is 11.6 Å². The minimum absolute atomic E-state index is 0.0818. The van der Waals surface area contributed by atoms with E-state index in [1.54, 1.807) is 0 Å². The number of halogens is 3. The van der Waals surface area contributed by atoms with Crippen molar-refractivity contribution in [3.8, 4) is 5.69 Å². The minimum Gasteiger partial charge on any atom is -0.390 e. The van der Waals surface area contributed by atoms with Crippen molar-refractivity contribution in [2.24, 2.45) is 9.98 Å². The predicted octanol–water partition coefficient (Wildman–Crippen LogP) is 2.73. The first-order valence-corrected chi connectivity index (χ1v) is 11.4. The van der Waals surface area contributed by atoms with E-state index in [-0.39, 0.29) is 22.8 Å². The number of aromatic nitrogens is 4. The number of aliphatic imine (C=N–C) groups is 2. The van der Waals surface area contributed by atoms with Crippen molar-refractivity contribution in [3.05, 3.63) is 76.0 Å². The van der Waals surface area contributed by atoms with Crippen molar-refractivity contribution >= 4 is 35.1 Å². The molecule has 0 spiro atoms. The fourth-order valence-corrected chi connectivity index (χ4v) is 4.51. The van der Waals surface area contributed by atoms with Crippen LogP contribution in [0.15, 0.2) is 69.6 Å². The summed E-state index contributed by atoms with van der Waals surface area (Å²) in [5.41, 5.74) is -2.00. The summed E-state index contributed by atoms with van der Waals surface area (Å²) < 4.78 is 76.3. The number of amidine groups is 1. The Kier molecular flexibility index (Phi) is 4.69. The molecule has 6 rings (SSSR count). The summed E-state index contributed by atoms with van der Waals surface area (Å²) in [5.74, 6) is -3.38. The molecule has 0 saturated carbocycles. The second kappa shape index (κ2) is 9.35. The third-order valence-electron chi connectivity index (χ3n) is 6.14.